The molecule has 1 aromatic rings. The van der Waals surface area contributed by atoms with Crippen LogP contribution in [-0.4, -0.2) is 29.9 Å². The first kappa shape index (κ1) is 13.8. The number of aliphatic hydroxyl groups is 2. The van der Waals surface area contributed by atoms with Crippen LogP contribution in [0.15, 0.2) is 12.1 Å². The lowest BCUT2D eigenvalue weighted by molar-refractivity contribution is 0.00990. The van der Waals surface area contributed by atoms with E-state index in [2.05, 4.69) is 5.32 Å². The smallest absolute Gasteiger partial charge is 0.154 e. The quantitative estimate of drug-likeness (QED) is 0.572. The molecule has 1 rings (SSSR count). The van der Waals surface area contributed by atoms with Gasteiger partial charge in [0.15, 0.2) is 5.82 Å². The van der Waals surface area contributed by atoms with Gasteiger partial charge in [-0.05, 0) is 32.1 Å². The molecule has 96 valence electrons. The van der Waals surface area contributed by atoms with Crippen LogP contribution in [0, 0.1) is 11.6 Å². The second-order valence-corrected chi connectivity index (χ2v) is 3.77. The zero-order valence-electron chi connectivity index (χ0n) is 9.45. The zero-order valence-corrected chi connectivity index (χ0v) is 9.45. The summed E-state index contributed by atoms with van der Waals surface area (Å²) in [6.45, 7) is 0.420. The minimum atomic E-state index is -1.63. The monoisotopic (exact) mass is 246 g/mol. The molecule has 6 heteroatoms. The van der Waals surface area contributed by atoms with E-state index in [0.29, 0.717) is 6.54 Å². The van der Waals surface area contributed by atoms with E-state index in [1.54, 1.807) is 7.05 Å². The van der Waals surface area contributed by atoms with E-state index in [1.807, 2.05) is 0 Å². The molecule has 0 spiro atoms. The molecule has 0 aliphatic carbocycles. The number of benzene rings is 1. The highest BCUT2D eigenvalue weighted by molar-refractivity contribution is 5.44. The first-order valence-corrected chi connectivity index (χ1v) is 5.23. The summed E-state index contributed by atoms with van der Waals surface area (Å²) >= 11 is 0. The molecular formula is C11H16F2N2O2. The Morgan fingerprint density at radius 3 is 2.59 bits per heavy atom. The van der Waals surface area contributed by atoms with Crippen LogP contribution in [0.3, 0.4) is 0 Å². The molecule has 0 bridgehead atoms. The van der Waals surface area contributed by atoms with Crippen molar-refractivity contribution in [1.29, 1.82) is 0 Å². The molecule has 2 atom stereocenters. The zero-order chi connectivity index (χ0) is 13.0. The van der Waals surface area contributed by atoms with Gasteiger partial charge in [0.1, 0.15) is 11.9 Å². The molecule has 0 aliphatic heterocycles. The Labute approximate surface area is 98.1 Å². The number of anilines is 1. The number of nitrogen functional groups attached to an aromatic ring is 1. The second-order valence-electron chi connectivity index (χ2n) is 3.77. The molecule has 0 heterocycles. The molecule has 2 unspecified atom stereocenters. The first-order valence-electron chi connectivity index (χ1n) is 5.23. The van der Waals surface area contributed by atoms with E-state index >= 15 is 0 Å². The maximum absolute atomic E-state index is 13.5. The standard InChI is InChI=1S/C11H16F2N2O2/c1-15-5-4-8(16)11(17)9-6(12)2-3-7(14)10(9)13/h2-3,8,11,15-17H,4-5,14H2,1H3. The molecule has 0 aliphatic rings. The third-order valence-electron chi connectivity index (χ3n) is 2.51. The van der Waals surface area contributed by atoms with Crippen molar-refractivity contribution in [1.82, 2.24) is 5.32 Å². The van der Waals surface area contributed by atoms with Crippen molar-refractivity contribution >= 4 is 5.69 Å². The summed E-state index contributed by atoms with van der Waals surface area (Å²) in [5, 5.41) is 22.0. The Hall–Kier alpha value is -1.24. The van der Waals surface area contributed by atoms with Gasteiger partial charge in [-0.2, -0.15) is 0 Å². The van der Waals surface area contributed by atoms with E-state index in [9.17, 15) is 19.0 Å². The molecule has 0 aromatic heterocycles. The number of nitrogens with one attached hydrogen (secondary N) is 1. The Morgan fingerprint density at radius 1 is 1.35 bits per heavy atom. The van der Waals surface area contributed by atoms with Gasteiger partial charge in [0.05, 0.1) is 17.4 Å². The van der Waals surface area contributed by atoms with Gasteiger partial charge in [0.2, 0.25) is 0 Å². The van der Waals surface area contributed by atoms with Gasteiger partial charge in [-0.3, -0.25) is 0 Å². The number of halogens is 2. The SMILES string of the molecule is CNCCC(O)C(O)c1c(F)ccc(N)c1F. The molecule has 17 heavy (non-hydrogen) atoms. The third kappa shape index (κ3) is 3.12. The van der Waals surface area contributed by atoms with Crippen molar-refractivity contribution in [3.05, 3.63) is 29.3 Å². The summed E-state index contributed by atoms with van der Waals surface area (Å²) in [6.07, 6.45) is -2.72. The summed E-state index contributed by atoms with van der Waals surface area (Å²) in [4.78, 5) is 0. The number of rotatable bonds is 5. The van der Waals surface area contributed by atoms with E-state index < -0.39 is 29.4 Å². The predicted molar refractivity (Wildman–Crippen MR) is 60.3 cm³/mol. The van der Waals surface area contributed by atoms with E-state index in [1.165, 1.54) is 0 Å². The van der Waals surface area contributed by atoms with E-state index in [0.717, 1.165) is 12.1 Å². The summed E-state index contributed by atoms with van der Waals surface area (Å²) in [5.41, 5.74) is 4.43. The van der Waals surface area contributed by atoms with Crippen molar-refractivity contribution in [2.24, 2.45) is 0 Å². The van der Waals surface area contributed by atoms with Gasteiger partial charge in [-0.15, -0.1) is 0 Å². The predicted octanol–water partition coefficient (Wildman–Crippen LogP) is 0.551. The Morgan fingerprint density at radius 2 is 2.00 bits per heavy atom. The highest BCUT2D eigenvalue weighted by Crippen LogP contribution is 2.27. The molecule has 0 saturated carbocycles. The normalized spacial score (nSPS) is 14.6. The lowest BCUT2D eigenvalue weighted by Gasteiger charge is -2.19. The van der Waals surface area contributed by atoms with Crippen molar-refractivity contribution in [3.63, 3.8) is 0 Å². The van der Waals surface area contributed by atoms with Crippen LogP contribution in [0.4, 0.5) is 14.5 Å². The lowest BCUT2D eigenvalue weighted by Crippen LogP contribution is -2.25. The van der Waals surface area contributed by atoms with Gasteiger partial charge in [-0.25, -0.2) is 8.78 Å². The summed E-state index contributed by atoms with van der Waals surface area (Å²) in [6, 6.07) is 2.03. The van der Waals surface area contributed by atoms with Gasteiger partial charge in [0.25, 0.3) is 0 Å². The average molecular weight is 246 g/mol. The number of nitrogens with two attached hydrogens (primary N) is 1. The molecule has 0 radical (unpaired) electrons. The van der Waals surface area contributed by atoms with Gasteiger partial charge < -0.3 is 21.3 Å². The number of aliphatic hydroxyl groups excluding tert-OH is 2. The minimum Gasteiger partial charge on any atom is -0.396 e. The maximum Gasteiger partial charge on any atom is 0.154 e. The molecule has 4 nitrogen and oxygen atoms in total. The Kier molecular flexibility index (Phi) is 4.80. The highest BCUT2D eigenvalue weighted by atomic mass is 19.1. The van der Waals surface area contributed by atoms with E-state index in [4.69, 9.17) is 5.73 Å². The van der Waals surface area contributed by atoms with Crippen LogP contribution in [-0.2, 0) is 0 Å². The molecule has 1 aromatic carbocycles. The van der Waals surface area contributed by atoms with Gasteiger partial charge in [0, 0.05) is 0 Å². The van der Waals surface area contributed by atoms with Gasteiger partial charge >= 0.3 is 0 Å². The van der Waals surface area contributed by atoms with Crippen molar-refractivity contribution in [2.75, 3.05) is 19.3 Å². The van der Waals surface area contributed by atoms with E-state index in [-0.39, 0.29) is 12.1 Å². The van der Waals surface area contributed by atoms with Crippen molar-refractivity contribution in [3.8, 4) is 0 Å². The molecule has 0 saturated heterocycles. The Balaban J connectivity index is 2.95. The molecule has 0 amide bonds. The van der Waals surface area contributed by atoms with Crippen molar-refractivity contribution < 1.29 is 19.0 Å². The molecule has 0 fully saturated rings. The van der Waals surface area contributed by atoms with Crippen LogP contribution in [0.2, 0.25) is 0 Å². The van der Waals surface area contributed by atoms with Crippen LogP contribution < -0.4 is 11.1 Å². The Bertz CT molecular complexity index is 388. The van der Waals surface area contributed by atoms with Crippen LogP contribution >= 0.6 is 0 Å². The van der Waals surface area contributed by atoms with Crippen LogP contribution in [0.1, 0.15) is 18.1 Å². The lowest BCUT2D eigenvalue weighted by atomic mass is 10.0. The minimum absolute atomic E-state index is 0.172. The van der Waals surface area contributed by atoms with Gasteiger partial charge in [-0.1, -0.05) is 0 Å². The topological polar surface area (TPSA) is 78.5 Å². The van der Waals surface area contributed by atoms with Crippen LogP contribution in [0.5, 0.6) is 0 Å². The third-order valence-corrected chi connectivity index (χ3v) is 2.51. The number of hydrogen-bond donors (Lipinski definition) is 4. The maximum atomic E-state index is 13.5. The first-order chi connectivity index (χ1) is 7.99. The molecule has 5 N–H and O–H groups in total. The second kappa shape index (κ2) is 5.90. The summed E-state index contributed by atoms with van der Waals surface area (Å²) in [5.74, 6) is -1.95. The summed E-state index contributed by atoms with van der Waals surface area (Å²) < 4.78 is 26.9. The molecular weight excluding hydrogens is 230 g/mol. The summed E-state index contributed by atoms with van der Waals surface area (Å²) in [7, 11) is 1.67. The van der Waals surface area contributed by atoms with Crippen LogP contribution in [0.25, 0.3) is 0 Å². The van der Waals surface area contributed by atoms with Crippen molar-refractivity contribution in [2.45, 2.75) is 18.6 Å². The largest absolute Gasteiger partial charge is 0.396 e. The highest BCUT2D eigenvalue weighted by Gasteiger charge is 2.25. The average Bonchev–Trinajstić information content (AvgIpc) is 2.31. The fourth-order valence-corrected chi connectivity index (χ4v) is 1.50. The fourth-order valence-electron chi connectivity index (χ4n) is 1.50. The number of hydrogen-bond acceptors (Lipinski definition) is 4. The fraction of sp³-hybridized carbons (Fsp3) is 0.455.